The van der Waals surface area contributed by atoms with Crippen LogP contribution in [0, 0.1) is 0 Å². The summed E-state index contributed by atoms with van der Waals surface area (Å²) in [5.74, 6) is 0. The molecule has 0 aliphatic carbocycles. The fraction of sp³-hybridized carbons (Fsp3) is 0.909. The summed E-state index contributed by atoms with van der Waals surface area (Å²) in [6.45, 7) is 2.07. The second kappa shape index (κ2) is 12.8. The lowest BCUT2D eigenvalue weighted by Gasteiger charge is -2.15. The van der Waals surface area contributed by atoms with Crippen LogP contribution in [0.1, 0.15) is 12.8 Å². The molecule has 0 fully saturated rings. The van der Waals surface area contributed by atoms with E-state index in [4.69, 9.17) is 19.9 Å². The molecule has 0 aromatic carbocycles. The number of hydrogen-bond acceptors (Lipinski definition) is 4. The van der Waals surface area contributed by atoms with Crippen molar-refractivity contribution < 1.29 is 19.0 Å². The average molecular weight is 278 g/mol. The molecular formula is C11H26N2O4Si. The van der Waals surface area contributed by atoms with E-state index in [1.54, 1.807) is 14.2 Å². The highest BCUT2D eigenvalue weighted by Crippen LogP contribution is 2.02. The molecule has 0 radical (unpaired) electrons. The first kappa shape index (κ1) is 17.4. The van der Waals surface area contributed by atoms with Crippen LogP contribution < -0.4 is 11.1 Å². The minimum absolute atomic E-state index is 0.115. The summed E-state index contributed by atoms with van der Waals surface area (Å²) in [6, 6.07) is 1.86. The van der Waals surface area contributed by atoms with E-state index in [-0.39, 0.29) is 15.8 Å². The molecule has 1 atom stereocenters. The Labute approximate surface area is 111 Å². The van der Waals surface area contributed by atoms with Crippen molar-refractivity contribution in [3.63, 3.8) is 0 Å². The topological polar surface area (TPSA) is 82.8 Å². The zero-order valence-electron chi connectivity index (χ0n) is 11.4. The van der Waals surface area contributed by atoms with Gasteiger partial charge in [0.05, 0.1) is 6.61 Å². The Morgan fingerprint density at radius 2 is 2.11 bits per heavy atom. The minimum atomic E-state index is -0.437. The smallest absolute Gasteiger partial charge is 0.312 e. The molecule has 0 aromatic heterocycles. The molecule has 0 spiro atoms. The summed E-state index contributed by atoms with van der Waals surface area (Å²) in [4.78, 5) is 10.4. The zero-order chi connectivity index (χ0) is 13.6. The first-order valence-electron chi connectivity index (χ1n) is 6.37. The van der Waals surface area contributed by atoms with Gasteiger partial charge in [0.15, 0.2) is 6.29 Å². The largest absolute Gasteiger partial charge is 0.384 e. The maximum Gasteiger partial charge on any atom is 0.312 e. The lowest BCUT2D eigenvalue weighted by Crippen LogP contribution is -2.30. The van der Waals surface area contributed by atoms with Crippen molar-refractivity contribution in [1.82, 2.24) is 5.32 Å². The molecule has 0 saturated heterocycles. The second-order valence-corrected chi connectivity index (χ2v) is 6.14. The third-order valence-corrected chi connectivity index (χ3v) is 4.35. The van der Waals surface area contributed by atoms with Gasteiger partial charge < -0.3 is 25.3 Å². The highest BCUT2D eigenvalue weighted by atomic mass is 28.2. The average Bonchev–Trinajstić information content (AvgIpc) is 2.35. The molecule has 2 amide bonds. The van der Waals surface area contributed by atoms with Crippen LogP contribution in [0.4, 0.5) is 4.79 Å². The molecule has 7 heteroatoms. The Morgan fingerprint density at radius 3 is 2.72 bits per heavy atom. The van der Waals surface area contributed by atoms with E-state index in [1.807, 2.05) is 0 Å². The van der Waals surface area contributed by atoms with E-state index in [0.717, 1.165) is 25.5 Å². The number of methoxy groups -OCH3 is 2. The molecule has 0 heterocycles. The number of nitrogens with one attached hydrogen (secondary N) is 1. The molecule has 0 aliphatic heterocycles. The molecule has 0 bridgehead atoms. The Kier molecular flexibility index (Phi) is 12.4. The summed E-state index contributed by atoms with van der Waals surface area (Å²) < 4.78 is 15.7. The molecule has 0 saturated carbocycles. The Bertz CT molecular complexity index is 207. The monoisotopic (exact) mass is 278 g/mol. The van der Waals surface area contributed by atoms with Gasteiger partial charge in [0.1, 0.15) is 0 Å². The van der Waals surface area contributed by atoms with E-state index in [1.165, 1.54) is 6.04 Å². The highest BCUT2D eigenvalue weighted by molar-refractivity contribution is 6.35. The number of carbonyl (C=O) groups is 1. The van der Waals surface area contributed by atoms with Crippen LogP contribution in [-0.2, 0) is 14.2 Å². The Hall–Kier alpha value is -0.633. The van der Waals surface area contributed by atoms with Crippen LogP contribution in [0.15, 0.2) is 0 Å². The fourth-order valence-corrected chi connectivity index (χ4v) is 2.83. The summed E-state index contributed by atoms with van der Waals surface area (Å²) in [6.07, 6.45) is 1.64. The van der Waals surface area contributed by atoms with E-state index in [9.17, 15) is 4.79 Å². The first-order chi connectivity index (χ1) is 8.70. The maximum absolute atomic E-state index is 10.4. The number of nitrogens with two attached hydrogens (primary N) is 1. The number of rotatable bonds is 12. The van der Waals surface area contributed by atoms with Gasteiger partial charge in [0, 0.05) is 43.3 Å². The van der Waals surface area contributed by atoms with Crippen molar-refractivity contribution in [3.05, 3.63) is 0 Å². The van der Waals surface area contributed by atoms with E-state index >= 15 is 0 Å². The van der Waals surface area contributed by atoms with Gasteiger partial charge in [-0.05, 0) is 12.5 Å². The molecule has 0 aliphatic rings. The number of carbonyl (C=O) groups excluding carboxylic acids is 1. The molecule has 3 N–H and O–H groups in total. The molecule has 0 rings (SSSR count). The predicted octanol–water partition coefficient (Wildman–Crippen LogP) is 0.0758. The van der Waals surface area contributed by atoms with Gasteiger partial charge in [0.25, 0.3) is 0 Å². The number of amides is 2. The normalized spacial score (nSPS) is 13.0. The maximum atomic E-state index is 10.4. The van der Waals surface area contributed by atoms with Crippen LogP contribution in [0.2, 0.25) is 12.1 Å². The Balaban J connectivity index is 3.24. The van der Waals surface area contributed by atoms with Crippen LogP contribution >= 0.6 is 0 Å². The van der Waals surface area contributed by atoms with Crippen LogP contribution in [-0.4, -0.2) is 55.8 Å². The number of hydrogen-bond donors (Lipinski definition) is 2. The third kappa shape index (κ3) is 11.8. The minimum Gasteiger partial charge on any atom is -0.384 e. The van der Waals surface area contributed by atoms with Gasteiger partial charge in [-0.15, -0.1) is 0 Å². The predicted molar refractivity (Wildman–Crippen MR) is 73.6 cm³/mol. The van der Waals surface area contributed by atoms with Crippen molar-refractivity contribution in [2.45, 2.75) is 31.2 Å². The lowest BCUT2D eigenvalue weighted by atomic mass is 10.4. The van der Waals surface area contributed by atoms with Crippen molar-refractivity contribution in [2.24, 2.45) is 5.73 Å². The van der Waals surface area contributed by atoms with Gasteiger partial charge >= 0.3 is 6.03 Å². The quantitative estimate of drug-likeness (QED) is 0.301. The summed E-state index contributed by atoms with van der Waals surface area (Å²) >= 11 is 0. The zero-order valence-corrected chi connectivity index (χ0v) is 12.9. The van der Waals surface area contributed by atoms with Crippen molar-refractivity contribution in [2.75, 3.05) is 34.0 Å². The number of primary amides is 1. The van der Waals surface area contributed by atoms with Gasteiger partial charge in [0.2, 0.25) is 0 Å². The van der Waals surface area contributed by atoms with Gasteiger partial charge in [-0.1, -0.05) is 6.04 Å². The van der Waals surface area contributed by atoms with E-state index < -0.39 is 6.03 Å². The lowest BCUT2D eigenvalue weighted by molar-refractivity contribution is -0.133. The third-order valence-electron chi connectivity index (χ3n) is 2.49. The van der Waals surface area contributed by atoms with E-state index in [0.29, 0.717) is 13.2 Å². The van der Waals surface area contributed by atoms with Crippen LogP contribution in [0.3, 0.4) is 0 Å². The van der Waals surface area contributed by atoms with E-state index in [2.05, 4.69) is 5.32 Å². The molecule has 108 valence electrons. The number of ether oxygens (including phenoxy) is 3. The van der Waals surface area contributed by atoms with Crippen molar-refractivity contribution in [1.29, 1.82) is 0 Å². The molecular weight excluding hydrogens is 252 g/mol. The standard InChI is InChI=1S/C11H26N2O4Si/c1-15-7-4-10(16-2)17-6-3-8-18-9-5-13-11(12)14/h10H,3-9,18H2,1-2H3,(H3,12,13,14). The summed E-state index contributed by atoms with van der Waals surface area (Å²) in [7, 11) is 3.19. The molecule has 18 heavy (non-hydrogen) atoms. The summed E-state index contributed by atoms with van der Waals surface area (Å²) in [5, 5.41) is 2.60. The molecule has 1 unspecified atom stereocenters. The van der Waals surface area contributed by atoms with Gasteiger partial charge in [-0.25, -0.2) is 4.79 Å². The van der Waals surface area contributed by atoms with Crippen molar-refractivity contribution in [3.8, 4) is 0 Å². The van der Waals surface area contributed by atoms with Crippen LogP contribution in [0.5, 0.6) is 0 Å². The Morgan fingerprint density at radius 1 is 1.33 bits per heavy atom. The number of urea groups is 1. The summed E-state index contributed by atoms with van der Waals surface area (Å²) in [5.41, 5.74) is 4.96. The van der Waals surface area contributed by atoms with Gasteiger partial charge in [-0.3, -0.25) is 0 Å². The van der Waals surface area contributed by atoms with Gasteiger partial charge in [-0.2, -0.15) is 0 Å². The SMILES string of the molecule is COCCC(OC)OCCC[SiH2]CCNC(N)=O. The highest BCUT2D eigenvalue weighted by Gasteiger charge is 2.06. The molecule has 6 nitrogen and oxygen atoms in total. The van der Waals surface area contributed by atoms with Crippen LogP contribution in [0.25, 0.3) is 0 Å². The molecule has 0 aromatic rings. The second-order valence-electron chi connectivity index (χ2n) is 4.02. The van der Waals surface area contributed by atoms with Crippen molar-refractivity contribution >= 4 is 15.6 Å². The fourth-order valence-electron chi connectivity index (χ4n) is 1.49. The first-order valence-corrected chi connectivity index (χ1v) is 8.37.